The van der Waals surface area contributed by atoms with Gasteiger partial charge in [-0.15, -0.1) is 0 Å². The van der Waals surface area contributed by atoms with Crippen LogP contribution in [0.2, 0.25) is 5.02 Å². The molecule has 0 aliphatic carbocycles. The number of hydrogen-bond acceptors (Lipinski definition) is 2. The number of hydrogen-bond donors (Lipinski definition) is 1. The van der Waals surface area contributed by atoms with Gasteiger partial charge in [0.15, 0.2) is 0 Å². The number of benzene rings is 1. The highest BCUT2D eigenvalue weighted by Gasteiger charge is 2.43. The quantitative estimate of drug-likeness (QED) is 0.909. The number of piperazine rings is 1. The first kappa shape index (κ1) is 14.8. The van der Waals surface area contributed by atoms with Gasteiger partial charge in [-0.3, -0.25) is 9.59 Å². The normalized spacial score (nSPS) is 21.9. The standard InChI is InChI=1S/C14H16ClFN2O2/c1-8-12(19)17-14(2,3)13(20)18(8)7-9-6-10(15)4-5-11(9)16/h4-6,8H,7H2,1-3H3,(H,17,19). The van der Waals surface area contributed by atoms with E-state index in [-0.39, 0.29) is 18.4 Å². The molecule has 20 heavy (non-hydrogen) atoms. The third-order valence-electron chi connectivity index (χ3n) is 3.43. The zero-order chi connectivity index (χ0) is 15.1. The van der Waals surface area contributed by atoms with Gasteiger partial charge in [-0.1, -0.05) is 11.6 Å². The Morgan fingerprint density at radius 3 is 2.70 bits per heavy atom. The van der Waals surface area contributed by atoms with Crippen molar-refractivity contribution in [3.63, 3.8) is 0 Å². The SMILES string of the molecule is CC1C(=O)NC(C)(C)C(=O)N1Cc1cc(Cl)ccc1F. The molecule has 0 bridgehead atoms. The van der Waals surface area contributed by atoms with Crippen LogP contribution in [0.15, 0.2) is 18.2 Å². The highest BCUT2D eigenvalue weighted by atomic mass is 35.5. The van der Waals surface area contributed by atoms with Crippen molar-refractivity contribution in [2.24, 2.45) is 0 Å². The molecule has 1 heterocycles. The summed E-state index contributed by atoms with van der Waals surface area (Å²) in [5.41, 5.74) is -0.693. The predicted molar refractivity (Wildman–Crippen MR) is 73.6 cm³/mol. The molecule has 4 nitrogen and oxygen atoms in total. The van der Waals surface area contributed by atoms with Gasteiger partial charge in [0.1, 0.15) is 17.4 Å². The van der Waals surface area contributed by atoms with E-state index in [9.17, 15) is 14.0 Å². The van der Waals surface area contributed by atoms with Crippen molar-refractivity contribution in [3.05, 3.63) is 34.6 Å². The van der Waals surface area contributed by atoms with Crippen LogP contribution >= 0.6 is 11.6 Å². The van der Waals surface area contributed by atoms with Crippen LogP contribution in [0, 0.1) is 5.82 Å². The lowest BCUT2D eigenvalue weighted by Gasteiger charge is -2.41. The Kier molecular flexibility index (Phi) is 3.73. The van der Waals surface area contributed by atoms with Crippen molar-refractivity contribution in [3.8, 4) is 0 Å². The zero-order valence-corrected chi connectivity index (χ0v) is 12.3. The maximum Gasteiger partial charge on any atom is 0.248 e. The molecule has 1 aliphatic heterocycles. The Labute approximate surface area is 121 Å². The number of carbonyl (C=O) groups excluding carboxylic acids is 2. The van der Waals surface area contributed by atoms with Gasteiger partial charge in [-0.25, -0.2) is 4.39 Å². The van der Waals surface area contributed by atoms with Crippen molar-refractivity contribution in [2.45, 2.75) is 38.9 Å². The lowest BCUT2D eigenvalue weighted by molar-refractivity contribution is -0.153. The van der Waals surface area contributed by atoms with E-state index in [0.29, 0.717) is 10.6 Å². The minimum Gasteiger partial charge on any atom is -0.340 e. The molecule has 2 amide bonds. The molecule has 1 aromatic rings. The van der Waals surface area contributed by atoms with E-state index in [4.69, 9.17) is 11.6 Å². The van der Waals surface area contributed by atoms with Crippen LogP contribution in [0.4, 0.5) is 4.39 Å². The molecule has 1 unspecified atom stereocenters. The molecule has 6 heteroatoms. The highest BCUT2D eigenvalue weighted by molar-refractivity contribution is 6.30. The molecule has 0 aromatic heterocycles. The molecule has 108 valence electrons. The van der Waals surface area contributed by atoms with Crippen molar-refractivity contribution >= 4 is 23.4 Å². The largest absolute Gasteiger partial charge is 0.340 e. The number of carbonyl (C=O) groups is 2. The summed E-state index contributed by atoms with van der Waals surface area (Å²) >= 11 is 5.84. The van der Waals surface area contributed by atoms with Crippen molar-refractivity contribution in [2.75, 3.05) is 0 Å². The molecule has 1 N–H and O–H groups in total. The molecule has 1 atom stereocenters. The summed E-state index contributed by atoms with van der Waals surface area (Å²) in [6, 6.07) is 3.52. The smallest absolute Gasteiger partial charge is 0.248 e. The Hall–Kier alpha value is -1.62. The second-order valence-electron chi connectivity index (χ2n) is 5.46. The van der Waals surface area contributed by atoms with Crippen LogP contribution in [0.3, 0.4) is 0 Å². The highest BCUT2D eigenvalue weighted by Crippen LogP contribution is 2.23. The molecule has 1 fully saturated rings. The first-order valence-corrected chi connectivity index (χ1v) is 6.67. The van der Waals surface area contributed by atoms with Gasteiger partial charge in [0.2, 0.25) is 11.8 Å². The average Bonchev–Trinajstić information content (AvgIpc) is 2.36. The third kappa shape index (κ3) is 2.63. The number of nitrogens with one attached hydrogen (secondary N) is 1. The Balaban J connectivity index is 2.32. The zero-order valence-electron chi connectivity index (χ0n) is 11.5. The minimum atomic E-state index is -0.987. The maximum atomic E-state index is 13.8. The minimum absolute atomic E-state index is 0.0171. The third-order valence-corrected chi connectivity index (χ3v) is 3.66. The number of halogens is 2. The van der Waals surface area contributed by atoms with Crippen LogP contribution in [0.5, 0.6) is 0 Å². The van der Waals surface area contributed by atoms with E-state index in [2.05, 4.69) is 5.32 Å². The van der Waals surface area contributed by atoms with Crippen molar-refractivity contribution in [1.29, 1.82) is 0 Å². The molecule has 1 aromatic carbocycles. The van der Waals surface area contributed by atoms with Crippen molar-refractivity contribution in [1.82, 2.24) is 10.2 Å². The Morgan fingerprint density at radius 1 is 1.40 bits per heavy atom. The van der Waals surface area contributed by atoms with E-state index in [1.54, 1.807) is 20.8 Å². The second-order valence-corrected chi connectivity index (χ2v) is 5.90. The van der Waals surface area contributed by atoms with Gasteiger partial charge >= 0.3 is 0 Å². The van der Waals surface area contributed by atoms with Crippen LogP contribution < -0.4 is 5.32 Å². The summed E-state index contributed by atoms with van der Waals surface area (Å²) < 4.78 is 13.8. The summed E-state index contributed by atoms with van der Waals surface area (Å²) in [4.78, 5) is 25.6. The number of nitrogens with zero attached hydrogens (tertiary/aromatic N) is 1. The fourth-order valence-electron chi connectivity index (χ4n) is 2.20. The maximum absolute atomic E-state index is 13.8. The average molecular weight is 299 g/mol. The summed E-state index contributed by atoms with van der Waals surface area (Å²) in [6.45, 7) is 4.88. The topological polar surface area (TPSA) is 49.4 Å². The molecule has 1 saturated heterocycles. The van der Waals surface area contributed by atoms with E-state index in [1.165, 1.54) is 23.1 Å². The molecular formula is C14H16ClFN2O2. The van der Waals surface area contributed by atoms with Gasteiger partial charge < -0.3 is 10.2 Å². The van der Waals surface area contributed by atoms with E-state index in [1.807, 2.05) is 0 Å². The van der Waals surface area contributed by atoms with Crippen LogP contribution in [0.1, 0.15) is 26.3 Å². The van der Waals surface area contributed by atoms with Crippen LogP contribution in [0.25, 0.3) is 0 Å². The summed E-state index contributed by atoms with van der Waals surface area (Å²) in [7, 11) is 0. The summed E-state index contributed by atoms with van der Waals surface area (Å²) in [5.74, 6) is -0.945. The lowest BCUT2D eigenvalue weighted by Crippen LogP contribution is -2.67. The van der Waals surface area contributed by atoms with Gasteiger partial charge in [0.25, 0.3) is 0 Å². The molecule has 0 saturated carbocycles. The van der Waals surface area contributed by atoms with Crippen LogP contribution in [-0.4, -0.2) is 28.3 Å². The molecule has 1 aliphatic rings. The monoisotopic (exact) mass is 298 g/mol. The fourth-order valence-corrected chi connectivity index (χ4v) is 2.39. The van der Waals surface area contributed by atoms with Crippen LogP contribution in [-0.2, 0) is 16.1 Å². The molecule has 2 rings (SSSR count). The first-order chi connectivity index (χ1) is 9.22. The molecule has 0 spiro atoms. The van der Waals surface area contributed by atoms with Gasteiger partial charge in [-0.05, 0) is 39.0 Å². The Bertz CT molecular complexity index is 574. The first-order valence-electron chi connectivity index (χ1n) is 6.29. The van der Waals surface area contributed by atoms with Gasteiger partial charge in [0.05, 0.1) is 0 Å². The predicted octanol–water partition coefficient (Wildman–Crippen LogP) is 2.10. The van der Waals surface area contributed by atoms with E-state index in [0.717, 1.165) is 0 Å². The van der Waals surface area contributed by atoms with E-state index < -0.39 is 17.4 Å². The second kappa shape index (κ2) is 5.05. The van der Waals surface area contributed by atoms with Crippen molar-refractivity contribution < 1.29 is 14.0 Å². The lowest BCUT2D eigenvalue weighted by atomic mass is 9.96. The summed E-state index contributed by atoms with van der Waals surface area (Å²) in [6.07, 6.45) is 0. The van der Waals surface area contributed by atoms with Gasteiger partial charge in [-0.2, -0.15) is 0 Å². The fraction of sp³-hybridized carbons (Fsp3) is 0.429. The Morgan fingerprint density at radius 2 is 2.05 bits per heavy atom. The molecular weight excluding hydrogens is 283 g/mol. The number of amides is 2. The number of rotatable bonds is 2. The summed E-state index contributed by atoms with van der Waals surface area (Å²) in [5, 5.41) is 3.04. The molecule has 0 radical (unpaired) electrons. The van der Waals surface area contributed by atoms with Gasteiger partial charge in [0, 0.05) is 17.1 Å². The van der Waals surface area contributed by atoms with E-state index >= 15 is 0 Å².